The first-order chi connectivity index (χ1) is 6.81. The lowest BCUT2D eigenvalue weighted by Crippen LogP contribution is -2.35. The van der Waals surface area contributed by atoms with Crippen LogP contribution in [-0.4, -0.2) is 29.5 Å². The Morgan fingerprint density at radius 1 is 1.21 bits per heavy atom. The Balaban J connectivity index is 2.06. The van der Waals surface area contributed by atoms with Crippen LogP contribution >= 0.6 is 0 Å². The third-order valence-corrected chi connectivity index (χ3v) is 3.99. The standard InChI is InChI=1S/C11H18O3/c1-2-14-11-4-7-3-8(11)10(6-13)9(7)5-12/h2,7-13H,1,3-6H2/t7-,8-,9-,10+,11?/m0/s1. The Labute approximate surface area is 84.4 Å². The van der Waals surface area contributed by atoms with Gasteiger partial charge in [-0.1, -0.05) is 6.58 Å². The number of aliphatic hydroxyl groups excluding tert-OH is 2. The molecule has 2 aliphatic rings. The van der Waals surface area contributed by atoms with Crippen LogP contribution in [0.1, 0.15) is 12.8 Å². The van der Waals surface area contributed by atoms with Crippen LogP contribution in [0.25, 0.3) is 0 Å². The summed E-state index contributed by atoms with van der Waals surface area (Å²) in [6.45, 7) is 3.94. The van der Waals surface area contributed by atoms with E-state index in [2.05, 4.69) is 6.58 Å². The van der Waals surface area contributed by atoms with Gasteiger partial charge >= 0.3 is 0 Å². The normalized spacial score (nSPS) is 45.4. The van der Waals surface area contributed by atoms with Gasteiger partial charge in [-0.05, 0) is 30.6 Å². The largest absolute Gasteiger partial charge is 0.498 e. The minimum absolute atomic E-state index is 0.170. The van der Waals surface area contributed by atoms with Crippen molar-refractivity contribution in [1.29, 1.82) is 0 Å². The maximum Gasteiger partial charge on any atom is 0.101 e. The van der Waals surface area contributed by atoms with E-state index in [0.717, 1.165) is 12.8 Å². The Morgan fingerprint density at radius 3 is 2.50 bits per heavy atom. The fourth-order valence-corrected chi connectivity index (χ4v) is 3.37. The molecule has 0 radical (unpaired) electrons. The fraction of sp³-hybridized carbons (Fsp3) is 0.818. The molecule has 5 atom stereocenters. The Kier molecular flexibility index (Phi) is 2.79. The molecule has 0 aromatic carbocycles. The molecule has 0 spiro atoms. The third-order valence-electron chi connectivity index (χ3n) is 3.99. The number of aliphatic hydroxyl groups is 2. The lowest BCUT2D eigenvalue weighted by molar-refractivity contribution is 0.000161. The molecule has 2 saturated carbocycles. The molecule has 0 aromatic rings. The number of hydrogen-bond acceptors (Lipinski definition) is 3. The zero-order valence-electron chi connectivity index (χ0n) is 8.30. The molecular weight excluding hydrogens is 180 g/mol. The second kappa shape index (κ2) is 3.91. The maximum absolute atomic E-state index is 9.28. The van der Waals surface area contributed by atoms with E-state index in [4.69, 9.17) is 4.74 Å². The summed E-state index contributed by atoms with van der Waals surface area (Å²) in [7, 11) is 0. The quantitative estimate of drug-likeness (QED) is 0.656. The molecule has 0 amide bonds. The van der Waals surface area contributed by atoms with Crippen molar-refractivity contribution in [2.45, 2.75) is 18.9 Å². The van der Waals surface area contributed by atoms with E-state index in [9.17, 15) is 10.2 Å². The Bertz CT molecular complexity index is 217. The molecule has 14 heavy (non-hydrogen) atoms. The zero-order chi connectivity index (χ0) is 10.1. The van der Waals surface area contributed by atoms with Gasteiger partial charge in [-0.15, -0.1) is 0 Å². The van der Waals surface area contributed by atoms with Crippen LogP contribution in [0.5, 0.6) is 0 Å². The Hall–Kier alpha value is -0.540. The molecule has 1 unspecified atom stereocenters. The van der Waals surface area contributed by atoms with E-state index in [1.54, 1.807) is 0 Å². The van der Waals surface area contributed by atoms with E-state index in [1.165, 1.54) is 6.26 Å². The van der Waals surface area contributed by atoms with Crippen LogP contribution in [0.2, 0.25) is 0 Å². The number of ether oxygens (including phenoxy) is 1. The molecule has 2 bridgehead atoms. The summed E-state index contributed by atoms with van der Waals surface area (Å²) in [5.41, 5.74) is 0. The molecule has 0 saturated heterocycles. The highest BCUT2D eigenvalue weighted by Crippen LogP contribution is 2.52. The van der Waals surface area contributed by atoms with Gasteiger partial charge in [0.05, 0.1) is 6.26 Å². The lowest BCUT2D eigenvalue weighted by Gasteiger charge is -2.33. The van der Waals surface area contributed by atoms with Crippen molar-refractivity contribution in [2.75, 3.05) is 13.2 Å². The highest BCUT2D eigenvalue weighted by molar-refractivity contribution is 5.01. The van der Waals surface area contributed by atoms with Crippen molar-refractivity contribution in [1.82, 2.24) is 0 Å². The second-order valence-electron chi connectivity index (χ2n) is 4.43. The number of fused-ring (bicyclic) bond motifs is 2. The van der Waals surface area contributed by atoms with E-state index in [1.807, 2.05) is 0 Å². The van der Waals surface area contributed by atoms with Crippen LogP contribution < -0.4 is 0 Å². The van der Waals surface area contributed by atoms with Gasteiger partial charge in [0.15, 0.2) is 0 Å². The predicted molar refractivity (Wildman–Crippen MR) is 52.4 cm³/mol. The van der Waals surface area contributed by atoms with Crippen LogP contribution in [0.3, 0.4) is 0 Å². The van der Waals surface area contributed by atoms with Gasteiger partial charge in [-0.2, -0.15) is 0 Å². The van der Waals surface area contributed by atoms with Gasteiger partial charge in [0.1, 0.15) is 6.10 Å². The topological polar surface area (TPSA) is 49.7 Å². The molecule has 0 aromatic heterocycles. The molecule has 3 heteroatoms. The monoisotopic (exact) mass is 198 g/mol. The van der Waals surface area contributed by atoms with Crippen molar-refractivity contribution in [3.8, 4) is 0 Å². The zero-order valence-corrected chi connectivity index (χ0v) is 8.30. The lowest BCUT2D eigenvalue weighted by atomic mass is 9.79. The van der Waals surface area contributed by atoms with Crippen molar-refractivity contribution in [3.05, 3.63) is 12.8 Å². The van der Waals surface area contributed by atoms with Crippen molar-refractivity contribution in [3.63, 3.8) is 0 Å². The summed E-state index contributed by atoms with van der Waals surface area (Å²) in [6.07, 6.45) is 3.82. The molecule has 2 aliphatic carbocycles. The highest BCUT2D eigenvalue weighted by Gasteiger charge is 2.52. The van der Waals surface area contributed by atoms with E-state index < -0.39 is 0 Å². The molecule has 2 rings (SSSR count). The average molecular weight is 198 g/mol. The number of rotatable bonds is 4. The van der Waals surface area contributed by atoms with E-state index in [0.29, 0.717) is 11.8 Å². The third kappa shape index (κ3) is 1.35. The smallest absolute Gasteiger partial charge is 0.101 e. The van der Waals surface area contributed by atoms with Crippen molar-refractivity contribution < 1.29 is 14.9 Å². The first-order valence-electron chi connectivity index (χ1n) is 5.29. The summed E-state index contributed by atoms with van der Waals surface area (Å²) in [6, 6.07) is 0. The summed E-state index contributed by atoms with van der Waals surface area (Å²) in [5.74, 6) is 1.46. The van der Waals surface area contributed by atoms with Crippen LogP contribution in [0.15, 0.2) is 12.8 Å². The van der Waals surface area contributed by atoms with Gasteiger partial charge < -0.3 is 14.9 Å². The van der Waals surface area contributed by atoms with Gasteiger partial charge in [0.2, 0.25) is 0 Å². The molecule has 2 N–H and O–H groups in total. The minimum atomic E-state index is 0.170. The Morgan fingerprint density at radius 2 is 1.93 bits per heavy atom. The molecule has 0 heterocycles. The van der Waals surface area contributed by atoms with Crippen LogP contribution in [0.4, 0.5) is 0 Å². The van der Waals surface area contributed by atoms with E-state index >= 15 is 0 Å². The van der Waals surface area contributed by atoms with Crippen LogP contribution in [0, 0.1) is 23.7 Å². The number of hydrogen-bond donors (Lipinski definition) is 2. The van der Waals surface area contributed by atoms with Gasteiger partial charge in [-0.3, -0.25) is 0 Å². The SMILES string of the molecule is C=COC1C[C@@H]2C[C@H]1[C@@H](CO)[C@H]2CO. The average Bonchev–Trinajstić information content (AvgIpc) is 2.73. The summed E-state index contributed by atoms with van der Waals surface area (Å²) < 4.78 is 5.43. The van der Waals surface area contributed by atoms with Crippen LogP contribution in [-0.2, 0) is 4.74 Å². The molecule has 2 fully saturated rings. The van der Waals surface area contributed by atoms with Crippen molar-refractivity contribution in [2.24, 2.45) is 23.7 Å². The minimum Gasteiger partial charge on any atom is -0.498 e. The fourth-order valence-electron chi connectivity index (χ4n) is 3.37. The molecule has 0 aliphatic heterocycles. The first-order valence-corrected chi connectivity index (χ1v) is 5.29. The highest BCUT2D eigenvalue weighted by atomic mass is 16.5. The first kappa shape index (κ1) is 9.99. The van der Waals surface area contributed by atoms with Gasteiger partial charge in [-0.25, -0.2) is 0 Å². The molecular formula is C11H18O3. The summed E-state index contributed by atoms with van der Waals surface area (Å²) in [5, 5.41) is 18.5. The predicted octanol–water partition coefficient (Wildman–Crippen LogP) is 0.772. The molecule has 3 nitrogen and oxygen atoms in total. The second-order valence-corrected chi connectivity index (χ2v) is 4.43. The van der Waals surface area contributed by atoms with Crippen molar-refractivity contribution >= 4 is 0 Å². The maximum atomic E-state index is 9.28. The summed E-state index contributed by atoms with van der Waals surface area (Å²) in [4.78, 5) is 0. The van der Waals surface area contributed by atoms with Gasteiger partial charge in [0, 0.05) is 19.1 Å². The van der Waals surface area contributed by atoms with E-state index in [-0.39, 0.29) is 31.2 Å². The summed E-state index contributed by atoms with van der Waals surface area (Å²) >= 11 is 0. The molecule has 80 valence electrons. The van der Waals surface area contributed by atoms with Gasteiger partial charge in [0.25, 0.3) is 0 Å².